The summed E-state index contributed by atoms with van der Waals surface area (Å²) in [6.45, 7) is 4.38. The van der Waals surface area contributed by atoms with Gasteiger partial charge < -0.3 is 0 Å². The summed E-state index contributed by atoms with van der Waals surface area (Å²) >= 11 is 0. The zero-order chi connectivity index (χ0) is 21.3. The molecule has 0 nitrogen and oxygen atoms in total. The van der Waals surface area contributed by atoms with E-state index >= 15 is 0 Å². The zero-order valence-electron chi connectivity index (χ0n) is 19.9. The van der Waals surface area contributed by atoms with Gasteiger partial charge >= 0.3 is 0 Å². The highest BCUT2D eigenvalue weighted by molar-refractivity contribution is 5.22. The van der Waals surface area contributed by atoms with Crippen molar-refractivity contribution in [1.82, 2.24) is 0 Å². The van der Waals surface area contributed by atoms with Crippen molar-refractivity contribution in [3.8, 4) is 0 Å². The Morgan fingerprint density at radius 2 is 0.700 bits per heavy atom. The molecule has 166 valence electrons. The van der Waals surface area contributed by atoms with E-state index in [0.717, 1.165) is 0 Å². The first-order chi connectivity index (χ1) is 14.7. The molecular formula is C30H46. The first kappa shape index (κ1) is 24.7. The van der Waals surface area contributed by atoms with Gasteiger partial charge in [-0.2, -0.15) is 0 Å². The summed E-state index contributed by atoms with van der Waals surface area (Å²) in [4.78, 5) is 0. The van der Waals surface area contributed by atoms with Crippen LogP contribution in [0.5, 0.6) is 0 Å². The van der Waals surface area contributed by atoms with Crippen molar-refractivity contribution >= 4 is 0 Å². The largest absolute Gasteiger partial charge is 0.0617 e. The van der Waals surface area contributed by atoms with Gasteiger partial charge in [0, 0.05) is 0 Å². The van der Waals surface area contributed by atoms with Crippen LogP contribution in [0.4, 0.5) is 0 Å². The normalized spacial score (nSPS) is 11.1. The molecule has 0 atom stereocenters. The van der Waals surface area contributed by atoms with Gasteiger partial charge in [0.15, 0.2) is 0 Å². The van der Waals surface area contributed by atoms with Gasteiger partial charge in [-0.1, -0.05) is 137 Å². The molecule has 0 radical (unpaired) electrons. The monoisotopic (exact) mass is 406 g/mol. The molecule has 0 N–H and O–H groups in total. The molecule has 0 aliphatic rings. The Morgan fingerprint density at radius 3 is 1.00 bits per heavy atom. The average Bonchev–Trinajstić information content (AvgIpc) is 2.73. The van der Waals surface area contributed by atoms with E-state index in [-0.39, 0.29) is 0 Å². The summed E-state index contributed by atoms with van der Waals surface area (Å²) in [5.74, 6) is 0. The first-order valence-electron chi connectivity index (χ1n) is 12.8. The molecule has 0 bridgehead atoms. The molecule has 0 heterocycles. The topological polar surface area (TPSA) is 0 Å². The Morgan fingerprint density at radius 1 is 0.400 bits per heavy atom. The van der Waals surface area contributed by atoms with Crippen molar-refractivity contribution < 1.29 is 0 Å². The fraction of sp³-hybridized carbons (Fsp3) is 0.600. The molecule has 0 saturated heterocycles. The number of hydrogen-bond donors (Lipinski definition) is 0. The fourth-order valence-corrected chi connectivity index (χ4v) is 4.51. The van der Waals surface area contributed by atoms with E-state index in [1.165, 1.54) is 125 Å². The number of rotatable bonds is 17. The van der Waals surface area contributed by atoms with Gasteiger partial charge in [0.2, 0.25) is 0 Å². The quantitative estimate of drug-likeness (QED) is 0.229. The van der Waals surface area contributed by atoms with Crippen LogP contribution in [-0.4, -0.2) is 0 Å². The van der Waals surface area contributed by atoms with Crippen LogP contribution in [0, 0.1) is 13.8 Å². The molecule has 2 rings (SSSR count). The smallest absolute Gasteiger partial charge is 0.0279 e. The number of hydrogen-bond acceptors (Lipinski definition) is 0. The van der Waals surface area contributed by atoms with Crippen LogP contribution in [0.3, 0.4) is 0 Å². The maximum absolute atomic E-state index is 2.34. The van der Waals surface area contributed by atoms with Crippen LogP contribution < -0.4 is 0 Å². The Kier molecular flexibility index (Phi) is 13.3. The average molecular weight is 407 g/mol. The van der Waals surface area contributed by atoms with E-state index in [1.807, 2.05) is 0 Å². The van der Waals surface area contributed by atoms with Gasteiger partial charge in [-0.3, -0.25) is 0 Å². The van der Waals surface area contributed by atoms with E-state index in [9.17, 15) is 0 Å². The zero-order valence-corrected chi connectivity index (χ0v) is 19.9. The molecule has 0 heteroatoms. The Hall–Kier alpha value is -1.56. The van der Waals surface area contributed by atoms with Crippen molar-refractivity contribution in [3.05, 3.63) is 70.8 Å². The summed E-state index contributed by atoms with van der Waals surface area (Å²) < 4.78 is 0. The van der Waals surface area contributed by atoms with Crippen molar-refractivity contribution in [1.29, 1.82) is 0 Å². The maximum atomic E-state index is 2.34. The van der Waals surface area contributed by atoms with E-state index in [1.54, 1.807) is 0 Å². The van der Waals surface area contributed by atoms with E-state index in [4.69, 9.17) is 0 Å². The van der Waals surface area contributed by atoms with Crippen molar-refractivity contribution in [2.75, 3.05) is 0 Å². The lowest BCUT2D eigenvalue weighted by Crippen LogP contribution is -1.88. The summed E-state index contributed by atoms with van der Waals surface area (Å²) in [5.41, 5.74) is 5.82. The number of aryl methyl sites for hydroxylation is 4. The second-order valence-corrected chi connectivity index (χ2v) is 9.43. The summed E-state index contributed by atoms with van der Waals surface area (Å²) in [6.07, 6.45) is 22.5. The van der Waals surface area contributed by atoms with Crippen molar-refractivity contribution in [2.24, 2.45) is 0 Å². The van der Waals surface area contributed by atoms with Crippen LogP contribution >= 0.6 is 0 Å². The SMILES string of the molecule is Cc1cccc(CCCCCCCCCCCCCCCCc2cccc(C)c2)c1. The second-order valence-electron chi connectivity index (χ2n) is 9.43. The van der Waals surface area contributed by atoms with Gasteiger partial charge in [0.25, 0.3) is 0 Å². The van der Waals surface area contributed by atoms with Gasteiger partial charge in [0.1, 0.15) is 0 Å². The van der Waals surface area contributed by atoms with Crippen molar-refractivity contribution in [2.45, 2.75) is 117 Å². The third kappa shape index (κ3) is 12.2. The molecule has 0 spiro atoms. The minimum absolute atomic E-state index is 1.26. The van der Waals surface area contributed by atoms with E-state index in [2.05, 4.69) is 62.4 Å². The molecule has 2 aromatic carbocycles. The number of unbranched alkanes of at least 4 members (excludes halogenated alkanes) is 13. The lowest BCUT2D eigenvalue weighted by molar-refractivity contribution is 0.533. The summed E-state index contributed by atoms with van der Waals surface area (Å²) in [5, 5.41) is 0. The molecule has 0 fully saturated rings. The second kappa shape index (κ2) is 16.2. The van der Waals surface area contributed by atoms with Crippen LogP contribution in [-0.2, 0) is 12.8 Å². The summed E-state index contributed by atoms with van der Waals surface area (Å²) in [7, 11) is 0. The molecule has 2 aromatic rings. The van der Waals surface area contributed by atoms with E-state index < -0.39 is 0 Å². The lowest BCUT2D eigenvalue weighted by atomic mass is 10.0. The minimum Gasteiger partial charge on any atom is -0.0617 e. The highest BCUT2D eigenvalue weighted by Crippen LogP contribution is 2.15. The molecule has 0 aliphatic carbocycles. The predicted molar refractivity (Wildman–Crippen MR) is 134 cm³/mol. The molecular weight excluding hydrogens is 360 g/mol. The summed E-state index contributed by atoms with van der Waals surface area (Å²) in [6, 6.07) is 18.0. The molecule has 0 amide bonds. The third-order valence-electron chi connectivity index (χ3n) is 6.35. The molecule has 0 unspecified atom stereocenters. The first-order valence-corrected chi connectivity index (χ1v) is 12.8. The van der Waals surface area contributed by atoms with Crippen LogP contribution in [0.15, 0.2) is 48.5 Å². The molecule has 0 saturated carbocycles. The maximum Gasteiger partial charge on any atom is -0.0279 e. The van der Waals surface area contributed by atoms with Gasteiger partial charge in [-0.15, -0.1) is 0 Å². The fourth-order valence-electron chi connectivity index (χ4n) is 4.51. The van der Waals surface area contributed by atoms with E-state index in [0.29, 0.717) is 0 Å². The minimum atomic E-state index is 1.26. The Labute approximate surface area is 187 Å². The van der Waals surface area contributed by atoms with Gasteiger partial charge in [0.05, 0.1) is 0 Å². The highest BCUT2D eigenvalue weighted by Gasteiger charge is 1.97. The van der Waals surface area contributed by atoms with Gasteiger partial charge in [-0.25, -0.2) is 0 Å². The Bertz CT molecular complexity index is 610. The predicted octanol–water partition coefficient (Wildman–Crippen LogP) is 9.55. The lowest BCUT2D eigenvalue weighted by Gasteiger charge is -2.05. The molecule has 0 aliphatic heterocycles. The third-order valence-corrected chi connectivity index (χ3v) is 6.35. The standard InChI is InChI=1S/C30H46/c1-27-19-17-23-29(25-27)21-15-13-11-9-7-5-3-4-6-8-10-12-14-16-22-30-24-18-20-28(2)26-30/h17-20,23-26H,3-16,21-22H2,1-2H3. The van der Waals surface area contributed by atoms with Gasteiger partial charge in [-0.05, 0) is 50.7 Å². The van der Waals surface area contributed by atoms with Crippen LogP contribution in [0.25, 0.3) is 0 Å². The van der Waals surface area contributed by atoms with Crippen molar-refractivity contribution in [3.63, 3.8) is 0 Å². The number of benzene rings is 2. The van der Waals surface area contributed by atoms with Crippen LogP contribution in [0.1, 0.15) is 112 Å². The van der Waals surface area contributed by atoms with Crippen LogP contribution in [0.2, 0.25) is 0 Å². The molecule has 30 heavy (non-hydrogen) atoms. The highest BCUT2D eigenvalue weighted by atomic mass is 14.0. The molecule has 0 aromatic heterocycles. The Balaban J connectivity index is 1.28.